The number of amides is 1. The van der Waals surface area contributed by atoms with Gasteiger partial charge in [0.2, 0.25) is 11.7 Å². The molecule has 1 amide bonds. The molecule has 0 heterocycles. The second kappa shape index (κ2) is 7.39. The van der Waals surface area contributed by atoms with Crippen LogP contribution in [0.4, 0.5) is 15.8 Å². The Labute approximate surface area is 115 Å². The lowest BCUT2D eigenvalue weighted by atomic mass is 10.2. The first-order valence-corrected chi connectivity index (χ1v) is 5.87. The van der Waals surface area contributed by atoms with Gasteiger partial charge in [-0.25, -0.2) is 0 Å². The van der Waals surface area contributed by atoms with E-state index in [1.165, 1.54) is 31.2 Å². The first-order valence-electron chi connectivity index (χ1n) is 5.87. The Morgan fingerprint density at radius 2 is 2.25 bits per heavy atom. The molecule has 0 radical (unpaired) electrons. The number of nitrogens with zero attached hydrogens (tertiary/aromatic N) is 2. The molecule has 0 saturated carbocycles. The number of hydrogen-bond acceptors (Lipinski definition) is 5. The van der Waals surface area contributed by atoms with Crippen molar-refractivity contribution in [1.82, 2.24) is 5.32 Å². The molecule has 0 aromatic heterocycles. The number of carbonyl (C=O) groups is 1. The van der Waals surface area contributed by atoms with E-state index in [-0.39, 0.29) is 18.1 Å². The number of halogens is 1. The number of ether oxygens (including phenoxy) is 1. The molecule has 0 atom stereocenters. The lowest BCUT2D eigenvalue weighted by molar-refractivity contribution is -0.386. The van der Waals surface area contributed by atoms with Crippen LogP contribution in [-0.2, 0) is 9.53 Å². The molecule has 0 spiro atoms. The Morgan fingerprint density at radius 1 is 1.55 bits per heavy atom. The zero-order chi connectivity index (χ0) is 15.1. The van der Waals surface area contributed by atoms with Crippen LogP contribution in [0.3, 0.4) is 0 Å². The predicted molar refractivity (Wildman–Crippen MR) is 71.2 cm³/mol. The van der Waals surface area contributed by atoms with Gasteiger partial charge in [0.1, 0.15) is 5.69 Å². The average Bonchev–Trinajstić information content (AvgIpc) is 2.38. The minimum atomic E-state index is -0.931. The van der Waals surface area contributed by atoms with E-state index in [0.29, 0.717) is 13.2 Å². The highest BCUT2D eigenvalue weighted by atomic mass is 19.1. The van der Waals surface area contributed by atoms with E-state index in [1.807, 2.05) is 0 Å². The number of nitro groups is 1. The van der Waals surface area contributed by atoms with Crippen molar-refractivity contribution in [3.05, 3.63) is 34.1 Å². The topological polar surface area (TPSA) is 84.7 Å². The number of methoxy groups -OCH3 is 1. The van der Waals surface area contributed by atoms with Crippen molar-refractivity contribution in [2.45, 2.75) is 0 Å². The maximum Gasteiger partial charge on any atom is 0.327 e. The van der Waals surface area contributed by atoms with Crippen LogP contribution in [0.2, 0.25) is 0 Å². The summed E-state index contributed by atoms with van der Waals surface area (Å²) in [4.78, 5) is 23.0. The summed E-state index contributed by atoms with van der Waals surface area (Å²) in [6.45, 7) is 0.595. The van der Waals surface area contributed by atoms with E-state index in [9.17, 15) is 19.3 Å². The third-order valence-electron chi connectivity index (χ3n) is 2.57. The molecule has 1 aromatic rings. The van der Waals surface area contributed by atoms with E-state index < -0.39 is 16.4 Å². The number of hydrogen-bond donors (Lipinski definition) is 1. The van der Waals surface area contributed by atoms with Crippen LogP contribution in [0.1, 0.15) is 0 Å². The van der Waals surface area contributed by atoms with Crippen molar-refractivity contribution in [2.24, 2.45) is 0 Å². The standard InChI is InChI=1S/C12H16FN3O4/c1-15(8-11(17)14-6-7-20-2)10-5-3-4-9(13)12(10)16(18)19/h3-5H,6-8H2,1-2H3,(H,14,17). The Hall–Kier alpha value is -2.22. The van der Waals surface area contributed by atoms with Crippen LogP contribution in [-0.4, -0.2) is 44.7 Å². The normalized spacial score (nSPS) is 10.2. The summed E-state index contributed by atoms with van der Waals surface area (Å²) in [5, 5.41) is 13.4. The van der Waals surface area contributed by atoms with E-state index >= 15 is 0 Å². The van der Waals surface area contributed by atoms with Crippen molar-refractivity contribution >= 4 is 17.3 Å². The van der Waals surface area contributed by atoms with Crippen LogP contribution < -0.4 is 10.2 Å². The Balaban J connectivity index is 2.77. The van der Waals surface area contributed by atoms with Crippen LogP contribution in [0, 0.1) is 15.9 Å². The van der Waals surface area contributed by atoms with Crippen LogP contribution in [0.15, 0.2) is 18.2 Å². The van der Waals surface area contributed by atoms with Gasteiger partial charge < -0.3 is 15.0 Å². The molecule has 0 aliphatic rings. The lowest BCUT2D eigenvalue weighted by Gasteiger charge is -2.18. The number of nitro benzene ring substituents is 1. The highest BCUT2D eigenvalue weighted by Crippen LogP contribution is 2.29. The molecule has 0 saturated heterocycles. The molecule has 1 aromatic carbocycles. The molecule has 0 bridgehead atoms. The van der Waals surface area contributed by atoms with E-state index in [4.69, 9.17) is 4.74 Å². The maximum atomic E-state index is 13.5. The lowest BCUT2D eigenvalue weighted by Crippen LogP contribution is -2.36. The van der Waals surface area contributed by atoms with Gasteiger partial charge in [-0.1, -0.05) is 6.07 Å². The van der Waals surface area contributed by atoms with Crippen LogP contribution in [0.25, 0.3) is 0 Å². The Morgan fingerprint density at radius 3 is 2.85 bits per heavy atom. The van der Waals surface area contributed by atoms with Crippen molar-refractivity contribution in [3.63, 3.8) is 0 Å². The number of rotatable bonds is 7. The third-order valence-corrected chi connectivity index (χ3v) is 2.57. The fourth-order valence-electron chi connectivity index (χ4n) is 1.64. The molecule has 7 nitrogen and oxygen atoms in total. The smallest absolute Gasteiger partial charge is 0.327 e. The van der Waals surface area contributed by atoms with Gasteiger partial charge in [-0.15, -0.1) is 0 Å². The highest BCUT2D eigenvalue weighted by Gasteiger charge is 2.23. The fourth-order valence-corrected chi connectivity index (χ4v) is 1.64. The summed E-state index contributed by atoms with van der Waals surface area (Å²) in [6.07, 6.45) is 0. The second-order valence-corrected chi connectivity index (χ2v) is 4.06. The molecule has 1 N–H and O–H groups in total. The molecule has 0 unspecified atom stereocenters. The van der Waals surface area contributed by atoms with Gasteiger partial charge in [-0.2, -0.15) is 4.39 Å². The van der Waals surface area contributed by atoms with E-state index in [2.05, 4.69) is 5.32 Å². The minimum Gasteiger partial charge on any atom is -0.383 e. The summed E-state index contributed by atoms with van der Waals surface area (Å²) < 4.78 is 18.2. The summed E-state index contributed by atoms with van der Waals surface area (Å²) in [5.41, 5.74) is -0.586. The van der Waals surface area contributed by atoms with Crippen molar-refractivity contribution in [1.29, 1.82) is 0 Å². The van der Waals surface area contributed by atoms with Gasteiger partial charge in [0.15, 0.2) is 0 Å². The van der Waals surface area contributed by atoms with Gasteiger partial charge in [0, 0.05) is 20.7 Å². The molecular weight excluding hydrogens is 269 g/mol. The van der Waals surface area contributed by atoms with Gasteiger partial charge >= 0.3 is 5.69 Å². The minimum absolute atomic E-state index is 0.0527. The maximum absolute atomic E-state index is 13.5. The fraction of sp³-hybridized carbons (Fsp3) is 0.417. The molecule has 110 valence electrons. The predicted octanol–water partition coefficient (Wildman–Crippen LogP) is 0.933. The summed E-state index contributed by atoms with van der Waals surface area (Å²) in [6, 6.07) is 3.76. The van der Waals surface area contributed by atoms with Gasteiger partial charge in [0.05, 0.1) is 18.1 Å². The molecule has 0 fully saturated rings. The second-order valence-electron chi connectivity index (χ2n) is 4.06. The van der Waals surface area contributed by atoms with Gasteiger partial charge in [0.25, 0.3) is 0 Å². The zero-order valence-electron chi connectivity index (χ0n) is 11.3. The number of carbonyl (C=O) groups excluding carboxylic acids is 1. The number of anilines is 1. The van der Waals surface area contributed by atoms with Crippen molar-refractivity contribution in [2.75, 3.05) is 38.8 Å². The first-order chi connectivity index (χ1) is 9.47. The number of para-hydroxylation sites is 1. The molecule has 0 aliphatic heterocycles. The molecule has 1 rings (SSSR count). The number of likely N-dealkylation sites (N-methyl/N-ethyl adjacent to an activating group) is 1. The first kappa shape index (κ1) is 15.8. The van der Waals surface area contributed by atoms with Gasteiger partial charge in [-0.3, -0.25) is 14.9 Å². The number of benzene rings is 1. The third kappa shape index (κ3) is 4.16. The Bertz CT molecular complexity index is 496. The zero-order valence-corrected chi connectivity index (χ0v) is 11.3. The molecular formula is C12H16FN3O4. The van der Waals surface area contributed by atoms with Crippen molar-refractivity contribution < 1.29 is 18.8 Å². The molecule has 0 aliphatic carbocycles. The van der Waals surface area contributed by atoms with Crippen LogP contribution in [0.5, 0.6) is 0 Å². The SMILES string of the molecule is COCCNC(=O)CN(C)c1cccc(F)c1[N+](=O)[O-]. The average molecular weight is 285 g/mol. The van der Waals surface area contributed by atoms with E-state index in [0.717, 1.165) is 6.07 Å². The Kier molecular flexibility index (Phi) is 5.85. The largest absolute Gasteiger partial charge is 0.383 e. The summed E-state index contributed by atoms with van der Waals surface area (Å²) in [5.74, 6) is -1.26. The van der Waals surface area contributed by atoms with Crippen molar-refractivity contribution in [3.8, 4) is 0 Å². The van der Waals surface area contributed by atoms with Crippen LogP contribution >= 0.6 is 0 Å². The highest BCUT2D eigenvalue weighted by molar-refractivity contribution is 5.82. The summed E-state index contributed by atoms with van der Waals surface area (Å²) in [7, 11) is 2.99. The monoisotopic (exact) mass is 285 g/mol. The number of nitrogens with one attached hydrogen (secondary N) is 1. The quantitative estimate of drug-likeness (QED) is 0.458. The van der Waals surface area contributed by atoms with E-state index in [1.54, 1.807) is 0 Å². The van der Waals surface area contributed by atoms with Gasteiger partial charge in [-0.05, 0) is 12.1 Å². The molecule has 8 heteroatoms. The molecule has 20 heavy (non-hydrogen) atoms. The summed E-state index contributed by atoms with van der Waals surface area (Å²) >= 11 is 0.